The van der Waals surface area contributed by atoms with Crippen LogP contribution in [0, 0.1) is 5.41 Å². The van der Waals surface area contributed by atoms with E-state index < -0.39 is 0 Å². The third kappa shape index (κ3) is 5.09. The van der Waals surface area contributed by atoms with Crippen LogP contribution in [0.25, 0.3) is 0 Å². The molecule has 0 saturated heterocycles. The lowest BCUT2D eigenvalue weighted by molar-refractivity contribution is 0.0945. The third-order valence-corrected chi connectivity index (χ3v) is 2.85. The highest BCUT2D eigenvalue weighted by molar-refractivity contribution is 5.97. The molecular weight excluding hydrogens is 256 g/mol. The first-order valence-corrected chi connectivity index (χ1v) is 6.64. The molecular formula is C15H24N2O3. The van der Waals surface area contributed by atoms with Gasteiger partial charge in [-0.2, -0.15) is 0 Å². The van der Waals surface area contributed by atoms with E-state index in [0.29, 0.717) is 12.3 Å². The number of benzene rings is 1. The van der Waals surface area contributed by atoms with Crippen molar-refractivity contribution in [1.82, 2.24) is 5.32 Å². The van der Waals surface area contributed by atoms with Gasteiger partial charge in [0.25, 0.3) is 5.91 Å². The van der Waals surface area contributed by atoms with Crippen molar-refractivity contribution >= 4 is 5.91 Å². The van der Waals surface area contributed by atoms with Gasteiger partial charge in [0.15, 0.2) is 0 Å². The summed E-state index contributed by atoms with van der Waals surface area (Å²) in [6, 6.07) is 4.41. The minimum Gasteiger partial charge on any atom is -0.507 e. The van der Waals surface area contributed by atoms with Gasteiger partial charge in [-0.25, -0.2) is 0 Å². The number of phenolic OH excluding ortho intramolecular Hbond substituents is 1. The number of hydrogen-bond donors (Lipinski definition) is 3. The number of hydrogen-bond acceptors (Lipinski definition) is 4. The van der Waals surface area contributed by atoms with Crippen molar-refractivity contribution < 1.29 is 14.6 Å². The van der Waals surface area contributed by atoms with Crippen molar-refractivity contribution in [3.8, 4) is 11.5 Å². The third-order valence-electron chi connectivity index (χ3n) is 2.85. The predicted octanol–water partition coefficient (Wildman–Crippen LogP) is 1.89. The van der Waals surface area contributed by atoms with Crippen LogP contribution in [-0.4, -0.2) is 30.7 Å². The zero-order chi connectivity index (χ0) is 15.3. The Morgan fingerprint density at radius 3 is 2.65 bits per heavy atom. The van der Waals surface area contributed by atoms with Gasteiger partial charge >= 0.3 is 0 Å². The summed E-state index contributed by atoms with van der Waals surface area (Å²) < 4.78 is 5.04. The number of nitrogens with two attached hydrogens (primary N) is 1. The number of carbonyl (C=O) groups is 1. The average molecular weight is 280 g/mol. The SMILES string of the molecule is COc1ccc(O)c(C(=O)NCC(N)CC(C)(C)C)c1. The minimum atomic E-state index is -0.356. The maximum Gasteiger partial charge on any atom is 0.255 e. The van der Waals surface area contributed by atoms with Gasteiger partial charge in [0.1, 0.15) is 11.5 Å². The molecule has 4 N–H and O–H groups in total. The first-order chi connectivity index (χ1) is 9.23. The summed E-state index contributed by atoms with van der Waals surface area (Å²) in [5.41, 5.74) is 6.28. The largest absolute Gasteiger partial charge is 0.507 e. The molecule has 1 atom stereocenters. The molecule has 0 fully saturated rings. The molecule has 1 aromatic carbocycles. The number of methoxy groups -OCH3 is 1. The molecule has 5 heteroatoms. The van der Waals surface area contributed by atoms with E-state index in [4.69, 9.17) is 10.5 Å². The van der Waals surface area contributed by atoms with E-state index in [1.807, 2.05) is 0 Å². The number of ether oxygens (including phenoxy) is 1. The highest BCUT2D eigenvalue weighted by Crippen LogP contribution is 2.23. The Labute approximate surface area is 120 Å². The van der Waals surface area contributed by atoms with E-state index in [0.717, 1.165) is 6.42 Å². The monoisotopic (exact) mass is 280 g/mol. The summed E-state index contributed by atoms with van der Waals surface area (Å²) in [5.74, 6) is 0.0883. The molecule has 0 heterocycles. The van der Waals surface area contributed by atoms with Crippen LogP contribution in [0.5, 0.6) is 11.5 Å². The second kappa shape index (κ2) is 6.61. The lowest BCUT2D eigenvalue weighted by Crippen LogP contribution is -2.39. The van der Waals surface area contributed by atoms with Crippen LogP contribution in [0.4, 0.5) is 0 Å². The summed E-state index contributed by atoms with van der Waals surface area (Å²) in [6.07, 6.45) is 0.803. The zero-order valence-electron chi connectivity index (χ0n) is 12.6. The number of amides is 1. The van der Waals surface area contributed by atoms with E-state index in [1.54, 1.807) is 6.07 Å². The van der Waals surface area contributed by atoms with Crippen molar-refractivity contribution in [2.75, 3.05) is 13.7 Å². The molecule has 0 aromatic heterocycles. The fourth-order valence-electron chi connectivity index (χ4n) is 2.00. The first-order valence-electron chi connectivity index (χ1n) is 6.64. The lowest BCUT2D eigenvalue weighted by atomic mass is 9.88. The molecule has 5 nitrogen and oxygen atoms in total. The molecule has 0 saturated carbocycles. The van der Waals surface area contributed by atoms with E-state index in [-0.39, 0.29) is 28.7 Å². The molecule has 20 heavy (non-hydrogen) atoms. The lowest BCUT2D eigenvalue weighted by Gasteiger charge is -2.23. The maximum absolute atomic E-state index is 12.0. The van der Waals surface area contributed by atoms with Crippen LogP contribution < -0.4 is 15.8 Å². The van der Waals surface area contributed by atoms with E-state index in [2.05, 4.69) is 26.1 Å². The second-order valence-corrected chi connectivity index (χ2v) is 6.12. The molecule has 0 spiro atoms. The van der Waals surface area contributed by atoms with Gasteiger partial charge in [0, 0.05) is 12.6 Å². The number of carbonyl (C=O) groups excluding carboxylic acids is 1. The van der Waals surface area contributed by atoms with Gasteiger partial charge in [-0.1, -0.05) is 20.8 Å². The Kier molecular flexibility index (Phi) is 5.39. The minimum absolute atomic E-state index is 0.0762. The van der Waals surface area contributed by atoms with Gasteiger partial charge in [0.2, 0.25) is 0 Å². The van der Waals surface area contributed by atoms with Crippen LogP contribution in [0.2, 0.25) is 0 Å². The van der Waals surface area contributed by atoms with E-state index in [1.165, 1.54) is 19.2 Å². The molecule has 1 rings (SSSR count). The van der Waals surface area contributed by atoms with Gasteiger partial charge in [-0.05, 0) is 30.0 Å². The van der Waals surface area contributed by atoms with E-state index in [9.17, 15) is 9.90 Å². The zero-order valence-corrected chi connectivity index (χ0v) is 12.6. The molecule has 112 valence electrons. The topological polar surface area (TPSA) is 84.6 Å². The summed E-state index contributed by atoms with van der Waals surface area (Å²) in [5, 5.41) is 12.4. The van der Waals surface area contributed by atoms with Crippen molar-refractivity contribution in [2.45, 2.75) is 33.2 Å². The van der Waals surface area contributed by atoms with Gasteiger partial charge in [0.05, 0.1) is 12.7 Å². The van der Waals surface area contributed by atoms with Gasteiger partial charge in [-0.3, -0.25) is 4.79 Å². The van der Waals surface area contributed by atoms with Crippen LogP contribution >= 0.6 is 0 Å². The molecule has 1 aromatic rings. The molecule has 0 bridgehead atoms. The van der Waals surface area contributed by atoms with Crippen LogP contribution in [0.1, 0.15) is 37.6 Å². The number of rotatable bonds is 5. The number of nitrogens with one attached hydrogen (secondary N) is 1. The van der Waals surface area contributed by atoms with E-state index >= 15 is 0 Å². The maximum atomic E-state index is 12.0. The highest BCUT2D eigenvalue weighted by Gasteiger charge is 2.17. The summed E-state index contributed by atoms with van der Waals surface area (Å²) in [4.78, 5) is 12.0. The molecule has 1 amide bonds. The Hall–Kier alpha value is -1.75. The molecule has 0 aliphatic rings. The number of aromatic hydroxyl groups is 1. The van der Waals surface area contributed by atoms with Crippen LogP contribution in [-0.2, 0) is 0 Å². The fourth-order valence-corrected chi connectivity index (χ4v) is 2.00. The Balaban J connectivity index is 2.63. The highest BCUT2D eigenvalue weighted by atomic mass is 16.5. The van der Waals surface area contributed by atoms with Gasteiger partial charge < -0.3 is 20.9 Å². The Morgan fingerprint density at radius 2 is 2.10 bits per heavy atom. The Bertz CT molecular complexity index is 467. The van der Waals surface area contributed by atoms with Crippen molar-refractivity contribution in [3.63, 3.8) is 0 Å². The smallest absolute Gasteiger partial charge is 0.255 e. The average Bonchev–Trinajstić information content (AvgIpc) is 2.34. The quantitative estimate of drug-likeness (QED) is 0.769. The molecule has 0 aliphatic carbocycles. The summed E-state index contributed by atoms with van der Waals surface area (Å²) in [6.45, 7) is 6.67. The standard InChI is InChI=1S/C15H24N2O3/c1-15(2,3)8-10(16)9-17-14(19)12-7-11(20-4)5-6-13(12)18/h5-7,10,18H,8-9,16H2,1-4H3,(H,17,19). The fraction of sp³-hybridized carbons (Fsp3) is 0.533. The summed E-state index contributed by atoms with van der Waals surface area (Å²) in [7, 11) is 1.51. The summed E-state index contributed by atoms with van der Waals surface area (Å²) >= 11 is 0. The van der Waals surface area contributed by atoms with Crippen molar-refractivity contribution in [3.05, 3.63) is 23.8 Å². The Morgan fingerprint density at radius 1 is 1.45 bits per heavy atom. The predicted molar refractivity (Wildman–Crippen MR) is 79.0 cm³/mol. The molecule has 1 unspecified atom stereocenters. The van der Waals surface area contributed by atoms with Gasteiger partial charge in [-0.15, -0.1) is 0 Å². The molecule has 0 radical (unpaired) electrons. The molecule has 0 aliphatic heterocycles. The van der Waals surface area contributed by atoms with Crippen molar-refractivity contribution in [2.24, 2.45) is 11.1 Å². The number of phenols is 1. The normalized spacial score (nSPS) is 12.8. The van der Waals surface area contributed by atoms with Crippen LogP contribution in [0.3, 0.4) is 0 Å². The first kappa shape index (κ1) is 16.3. The van der Waals surface area contributed by atoms with Crippen LogP contribution in [0.15, 0.2) is 18.2 Å². The van der Waals surface area contributed by atoms with Crippen molar-refractivity contribution in [1.29, 1.82) is 0 Å². The second-order valence-electron chi connectivity index (χ2n) is 6.12.